The zero-order valence-electron chi connectivity index (χ0n) is 15.9. The van der Waals surface area contributed by atoms with Crippen molar-refractivity contribution in [3.8, 4) is 17.0 Å². The van der Waals surface area contributed by atoms with Crippen LogP contribution in [0, 0.1) is 11.6 Å². The molecule has 1 fully saturated rings. The van der Waals surface area contributed by atoms with Crippen LogP contribution in [0.2, 0.25) is 0 Å². The smallest absolute Gasteiger partial charge is 0.280 e. The van der Waals surface area contributed by atoms with E-state index in [-0.39, 0.29) is 23.6 Å². The summed E-state index contributed by atoms with van der Waals surface area (Å²) < 4.78 is 40.3. The van der Waals surface area contributed by atoms with Gasteiger partial charge in [0.2, 0.25) is 5.88 Å². The number of ether oxygens (including phenoxy) is 1. The summed E-state index contributed by atoms with van der Waals surface area (Å²) in [5.74, 6) is -0.331. The van der Waals surface area contributed by atoms with E-state index in [1.54, 1.807) is 18.3 Å². The van der Waals surface area contributed by atoms with Crippen molar-refractivity contribution < 1.29 is 18.0 Å². The van der Waals surface area contributed by atoms with Gasteiger partial charge in [-0.15, -0.1) is 0 Å². The zero-order chi connectivity index (χ0) is 20.2. The summed E-state index contributed by atoms with van der Waals surface area (Å²) in [4.78, 5) is 15.3. The molecule has 0 atom stereocenters. The largest absolute Gasteiger partial charge is 0.474 e. The summed E-state index contributed by atoms with van der Waals surface area (Å²) in [7, 11) is 0. The van der Waals surface area contributed by atoms with E-state index >= 15 is 0 Å². The number of aromatic amines is 1. The summed E-state index contributed by atoms with van der Waals surface area (Å²) in [6.07, 6.45) is 6.98. The van der Waals surface area contributed by atoms with Gasteiger partial charge < -0.3 is 9.26 Å². The van der Waals surface area contributed by atoms with E-state index in [9.17, 15) is 13.6 Å². The van der Waals surface area contributed by atoms with Gasteiger partial charge in [0, 0.05) is 29.8 Å². The predicted octanol–water partition coefficient (Wildman–Crippen LogP) is 4.80. The minimum Gasteiger partial charge on any atom is -0.474 e. The molecule has 1 saturated carbocycles. The summed E-state index contributed by atoms with van der Waals surface area (Å²) in [5.41, 5.74) is 0.682. The number of nitrogens with one attached hydrogen (secondary N) is 1. The van der Waals surface area contributed by atoms with Crippen LogP contribution in [-0.4, -0.2) is 16.2 Å². The van der Waals surface area contributed by atoms with Crippen LogP contribution >= 0.6 is 0 Å². The molecule has 2 aromatic heterocycles. The highest BCUT2D eigenvalue weighted by Gasteiger charge is 2.20. The fourth-order valence-corrected chi connectivity index (χ4v) is 3.75. The van der Waals surface area contributed by atoms with E-state index < -0.39 is 11.6 Å². The van der Waals surface area contributed by atoms with E-state index in [0.29, 0.717) is 35.6 Å². The number of pyridine rings is 1. The summed E-state index contributed by atoms with van der Waals surface area (Å²) >= 11 is 0. The quantitative estimate of drug-likeness (QED) is 0.618. The molecular weight excluding hydrogens is 378 g/mol. The molecule has 0 unspecified atom stereocenters. The lowest BCUT2D eigenvalue weighted by Gasteiger charge is -2.16. The van der Waals surface area contributed by atoms with Crippen molar-refractivity contribution in [1.29, 1.82) is 0 Å². The third kappa shape index (κ3) is 4.55. The number of hydrogen-bond acceptors (Lipinski definition) is 4. The standard InChI is InChI=1S/C22H22F2N2O3/c23-19-11-14(17-9-4-10-25-22(17)28-15-5-1-2-6-15)12-20(24)18(19)8-3-7-16-13-21(27)26-29-16/h4,9-13,15H,1-3,5-8H2,(H,26,27). The first-order chi connectivity index (χ1) is 14.1. The number of H-pyrrole nitrogens is 1. The Labute approximate surface area is 166 Å². The maximum atomic E-state index is 14.7. The molecule has 1 aliphatic carbocycles. The molecule has 5 nitrogen and oxygen atoms in total. The zero-order valence-corrected chi connectivity index (χ0v) is 15.9. The van der Waals surface area contributed by atoms with Gasteiger partial charge in [0.1, 0.15) is 23.5 Å². The minimum atomic E-state index is -0.605. The molecule has 29 heavy (non-hydrogen) atoms. The number of aromatic nitrogens is 2. The number of aryl methyl sites for hydroxylation is 1. The molecule has 0 saturated heterocycles. The Hall–Kier alpha value is -2.96. The van der Waals surface area contributed by atoms with Crippen LogP contribution in [0.4, 0.5) is 8.78 Å². The summed E-state index contributed by atoms with van der Waals surface area (Å²) in [5, 5.41) is 2.20. The van der Waals surface area contributed by atoms with Crippen LogP contribution in [0.15, 0.2) is 45.8 Å². The van der Waals surface area contributed by atoms with Gasteiger partial charge in [0.25, 0.3) is 5.56 Å². The molecule has 0 aliphatic heterocycles. The highest BCUT2D eigenvalue weighted by Crippen LogP contribution is 2.33. The van der Waals surface area contributed by atoms with Crippen molar-refractivity contribution in [3.63, 3.8) is 0 Å². The van der Waals surface area contributed by atoms with Gasteiger partial charge in [-0.2, -0.15) is 5.16 Å². The molecule has 4 rings (SSSR count). The van der Waals surface area contributed by atoms with Crippen LogP contribution in [-0.2, 0) is 12.8 Å². The summed E-state index contributed by atoms with van der Waals surface area (Å²) in [6.45, 7) is 0. The molecule has 0 spiro atoms. The van der Waals surface area contributed by atoms with Crippen LogP contribution < -0.4 is 10.3 Å². The van der Waals surface area contributed by atoms with Gasteiger partial charge in [-0.05, 0) is 68.4 Å². The third-order valence-corrected chi connectivity index (χ3v) is 5.23. The first-order valence-electron chi connectivity index (χ1n) is 9.87. The molecule has 1 N–H and O–H groups in total. The maximum Gasteiger partial charge on any atom is 0.280 e. The first-order valence-corrected chi connectivity index (χ1v) is 9.87. The highest BCUT2D eigenvalue weighted by atomic mass is 19.1. The fourth-order valence-electron chi connectivity index (χ4n) is 3.75. The molecule has 152 valence electrons. The van der Waals surface area contributed by atoms with Gasteiger partial charge in [0.05, 0.1) is 0 Å². The number of halogens is 2. The predicted molar refractivity (Wildman–Crippen MR) is 104 cm³/mol. The second-order valence-electron chi connectivity index (χ2n) is 7.33. The topological polar surface area (TPSA) is 68.1 Å². The van der Waals surface area contributed by atoms with Crippen molar-refractivity contribution in [2.45, 2.75) is 51.0 Å². The van der Waals surface area contributed by atoms with Crippen LogP contribution in [0.25, 0.3) is 11.1 Å². The van der Waals surface area contributed by atoms with E-state index in [1.807, 2.05) is 0 Å². The molecule has 0 amide bonds. The van der Waals surface area contributed by atoms with E-state index in [4.69, 9.17) is 9.26 Å². The van der Waals surface area contributed by atoms with Crippen LogP contribution in [0.1, 0.15) is 43.4 Å². The van der Waals surface area contributed by atoms with Crippen LogP contribution in [0.3, 0.4) is 0 Å². The molecule has 0 bridgehead atoms. The highest BCUT2D eigenvalue weighted by molar-refractivity contribution is 5.69. The number of benzene rings is 1. The van der Waals surface area contributed by atoms with Crippen LogP contribution in [0.5, 0.6) is 5.88 Å². The Kier molecular flexibility index (Phi) is 5.74. The third-order valence-electron chi connectivity index (χ3n) is 5.23. The molecule has 0 radical (unpaired) electrons. The molecular formula is C22H22F2N2O3. The second-order valence-corrected chi connectivity index (χ2v) is 7.33. The van der Waals surface area contributed by atoms with Gasteiger partial charge >= 0.3 is 0 Å². The number of rotatable bonds is 7. The summed E-state index contributed by atoms with van der Waals surface area (Å²) in [6, 6.07) is 7.48. The molecule has 3 aromatic rings. The SMILES string of the molecule is O=c1cc(CCCc2c(F)cc(-c3cccnc3OC3CCCC3)cc2F)o[nH]1. The molecule has 1 aliphatic rings. The Morgan fingerprint density at radius 3 is 2.59 bits per heavy atom. The lowest BCUT2D eigenvalue weighted by atomic mass is 10.0. The Bertz CT molecular complexity index is 1020. The second kappa shape index (κ2) is 8.59. The van der Waals surface area contributed by atoms with Crippen molar-refractivity contribution >= 4 is 0 Å². The lowest BCUT2D eigenvalue weighted by Crippen LogP contribution is -2.12. The average Bonchev–Trinajstić information content (AvgIpc) is 3.36. The van der Waals surface area contributed by atoms with E-state index in [1.165, 1.54) is 18.2 Å². The Morgan fingerprint density at radius 2 is 1.90 bits per heavy atom. The first kappa shape index (κ1) is 19.4. The van der Waals surface area contributed by atoms with Crippen molar-refractivity contribution in [1.82, 2.24) is 10.1 Å². The Morgan fingerprint density at radius 1 is 1.14 bits per heavy atom. The van der Waals surface area contributed by atoms with Gasteiger partial charge in [-0.25, -0.2) is 13.8 Å². The van der Waals surface area contributed by atoms with Gasteiger partial charge in [-0.1, -0.05) is 0 Å². The number of nitrogens with zero attached hydrogens (tertiary/aromatic N) is 1. The van der Waals surface area contributed by atoms with Gasteiger partial charge in [0.15, 0.2) is 0 Å². The average molecular weight is 400 g/mol. The normalized spacial score (nSPS) is 14.4. The molecule has 7 heteroatoms. The lowest BCUT2D eigenvalue weighted by molar-refractivity contribution is 0.202. The maximum absolute atomic E-state index is 14.7. The van der Waals surface area contributed by atoms with Crippen molar-refractivity contribution in [3.05, 3.63) is 69.8 Å². The van der Waals surface area contributed by atoms with Crippen molar-refractivity contribution in [2.75, 3.05) is 0 Å². The van der Waals surface area contributed by atoms with E-state index in [0.717, 1.165) is 25.7 Å². The molecule has 2 heterocycles. The van der Waals surface area contributed by atoms with E-state index in [2.05, 4.69) is 10.1 Å². The molecule has 1 aromatic carbocycles. The monoisotopic (exact) mass is 400 g/mol. The minimum absolute atomic E-state index is 0.0220. The van der Waals surface area contributed by atoms with Gasteiger partial charge in [-0.3, -0.25) is 4.79 Å². The number of hydrogen-bond donors (Lipinski definition) is 1. The Balaban J connectivity index is 1.51. The van der Waals surface area contributed by atoms with Crippen molar-refractivity contribution in [2.24, 2.45) is 0 Å². The fraction of sp³-hybridized carbons (Fsp3) is 0.364.